The number of hydrogen-bond donors (Lipinski definition) is 1. The molecule has 2 aromatic carbocycles. The number of hydrogen-bond acceptors (Lipinski definition) is 2. The zero-order chi connectivity index (χ0) is 13.7. The van der Waals surface area contributed by atoms with Gasteiger partial charge in [-0.15, -0.1) is 11.8 Å². The van der Waals surface area contributed by atoms with Gasteiger partial charge in [-0.1, -0.05) is 57.9 Å². The third-order valence-electron chi connectivity index (χ3n) is 2.83. The van der Waals surface area contributed by atoms with Gasteiger partial charge in [0.1, 0.15) is 0 Å². The lowest BCUT2D eigenvalue weighted by molar-refractivity contribution is 0.935. The maximum absolute atomic E-state index is 5.90. The molecule has 1 unspecified atom stereocenters. The Morgan fingerprint density at radius 1 is 1.11 bits per heavy atom. The van der Waals surface area contributed by atoms with E-state index in [1.54, 1.807) is 0 Å². The van der Waals surface area contributed by atoms with Crippen molar-refractivity contribution in [3.05, 3.63) is 69.2 Å². The lowest BCUT2D eigenvalue weighted by Gasteiger charge is -2.16. The number of benzene rings is 2. The smallest absolute Gasteiger partial charge is 0.0434 e. The first-order chi connectivity index (χ1) is 9.20. The Labute approximate surface area is 131 Å². The van der Waals surface area contributed by atoms with Gasteiger partial charge in [0.05, 0.1) is 0 Å². The quantitative estimate of drug-likeness (QED) is 0.812. The molecule has 2 aromatic rings. The predicted molar refractivity (Wildman–Crippen MR) is 88.7 cm³/mol. The average Bonchev–Trinajstić information content (AvgIpc) is 2.43. The Morgan fingerprint density at radius 3 is 2.42 bits per heavy atom. The van der Waals surface area contributed by atoms with E-state index >= 15 is 0 Å². The van der Waals surface area contributed by atoms with Gasteiger partial charge in [0.15, 0.2) is 0 Å². The van der Waals surface area contributed by atoms with Crippen LogP contribution < -0.4 is 5.73 Å². The molecule has 1 nitrogen and oxygen atoms in total. The molecule has 0 spiro atoms. The molecule has 0 heterocycles. The highest BCUT2D eigenvalue weighted by Crippen LogP contribution is 2.34. The first-order valence-corrected chi connectivity index (χ1v) is 8.23. The fraction of sp³-hybridized carbons (Fsp3) is 0.200. The largest absolute Gasteiger partial charge is 0.329 e. The van der Waals surface area contributed by atoms with Gasteiger partial charge in [-0.2, -0.15) is 0 Å². The van der Waals surface area contributed by atoms with E-state index in [1.807, 2.05) is 36.0 Å². The van der Waals surface area contributed by atoms with Crippen molar-refractivity contribution < 1.29 is 0 Å². The lowest BCUT2D eigenvalue weighted by atomic mass is 10.1. The molecule has 0 aliphatic carbocycles. The fourth-order valence-electron chi connectivity index (χ4n) is 1.80. The Morgan fingerprint density at radius 2 is 1.79 bits per heavy atom. The van der Waals surface area contributed by atoms with Crippen molar-refractivity contribution in [3.8, 4) is 0 Å². The summed E-state index contributed by atoms with van der Waals surface area (Å²) >= 11 is 11.3. The molecule has 0 aliphatic heterocycles. The topological polar surface area (TPSA) is 26.0 Å². The lowest BCUT2D eigenvalue weighted by Crippen LogP contribution is -2.10. The van der Waals surface area contributed by atoms with Crippen LogP contribution in [0.3, 0.4) is 0 Å². The van der Waals surface area contributed by atoms with Gasteiger partial charge in [-0.3, -0.25) is 0 Å². The molecule has 2 N–H and O–H groups in total. The van der Waals surface area contributed by atoms with Crippen LogP contribution in [0.5, 0.6) is 0 Å². The van der Waals surface area contributed by atoms with Crippen LogP contribution in [0.4, 0.5) is 0 Å². The van der Waals surface area contributed by atoms with Gasteiger partial charge < -0.3 is 5.73 Å². The predicted octanol–water partition coefficient (Wildman–Crippen LogP) is 5.04. The minimum absolute atomic E-state index is 0.297. The van der Waals surface area contributed by atoms with E-state index in [0.29, 0.717) is 11.8 Å². The first kappa shape index (κ1) is 14.9. The highest BCUT2D eigenvalue weighted by Gasteiger charge is 2.13. The fourth-order valence-corrected chi connectivity index (χ4v) is 3.74. The van der Waals surface area contributed by atoms with E-state index in [1.165, 1.54) is 11.1 Å². The zero-order valence-corrected chi connectivity index (χ0v) is 13.5. The summed E-state index contributed by atoms with van der Waals surface area (Å²) in [5.74, 6) is 0.931. The molecule has 0 radical (unpaired) electrons. The van der Waals surface area contributed by atoms with E-state index in [-0.39, 0.29) is 0 Å². The number of halogens is 2. The average molecular weight is 357 g/mol. The highest BCUT2D eigenvalue weighted by atomic mass is 79.9. The van der Waals surface area contributed by atoms with E-state index in [2.05, 4.69) is 40.2 Å². The summed E-state index contributed by atoms with van der Waals surface area (Å²) in [6.07, 6.45) is 0. The Balaban J connectivity index is 2.04. The molecular weight excluding hydrogens is 342 g/mol. The van der Waals surface area contributed by atoms with Crippen LogP contribution in [-0.2, 0) is 5.75 Å². The first-order valence-electron chi connectivity index (χ1n) is 6.01. The van der Waals surface area contributed by atoms with Crippen LogP contribution in [0.1, 0.15) is 16.4 Å². The minimum Gasteiger partial charge on any atom is -0.329 e. The van der Waals surface area contributed by atoms with E-state index in [0.717, 1.165) is 15.2 Å². The van der Waals surface area contributed by atoms with Crippen LogP contribution >= 0.6 is 39.3 Å². The maximum atomic E-state index is 5.90. The van der Waals surface area contributed by atoms with Crippen molar-refractivity contribution in [2.24, 2.45) is 5.73 Å². The monoisotopic (exact) mass is 355 g/mol. The summed E-state index contributed by atoms with van der Waals surface area (Å²) < 4.78 is 1.12. The molecule has 4 heteroatoms. The van der Waals surface area contributed by atoms with Crippen molar-refractivity contribution in [2.75, 3.05) is 6.54 Å². The van der Waals surface area contributed by atoms with Gasteiger partial charge in [0.2, 0.25) is 0 Å². The molecule has 0 aliphatic rings. The molecule has 19 heavy (non-hydrogen) atoms. The molecule has 0 amide bonds. The molecule has 0 fully saturated rings. The van der Waals surface area contributed by atoms with Gasteiger partial charge in [0, 0.05) is 27.0 Å². The van der Waals surface area contributed by atoms with E-state index in [4.69, 9.17) is 17.3 Å². The van der Waals surface area contributed by atoms with Crippen LogP contribution in [0.2, 0.25) is 5.02 Å². The standard InChI is InChI=1S/C15H15BrClNS/c16-14-4-2-1-3-13(14)15(9-18)19-10-11-5-7-12(17)8-6-11/h1-8,15H,9-10,18H2. The second-order valence-electron chi connectivity index (χ2n) is 4.18. The van der Waals surface area contributed by atoms with Gasteiger partial charge in [-0.05, 0) is 29.3 Å². The third kappa shape index (κ3) is 4.25. The van der Waals surface area contributed by atoms with Crippen LogP contribution in [0, 0.1) is 0 Å². The molecule has 2 rings (SSSR count). The Hall–Kier alpha value is -0.480. The highest BCUT2D eigenvalue weighted by molar-refractivity contribution is 9.10. The van der Waals surface area contributed by atoms with Crippen molar-refractivity contribution in [2.45, 2.75) is 11.0 Å². The Bertz CT molecular complexity index is 530. The van der Waals surface area contributed by atoms with Crippen molar-refractivity contribution in [1.29, 1.82) is 0 Å². The molecule has 0 saturated heterocycles. The zero-order valence-electron chi connectivity index (χ0n) is 10.4. The molecular formula is C15H15BrClNS. The van der Waals surface area contributed by atoms with Gasteiger partial charge >= 0.3 is 0 Å². The molecule has 0 bridgehead atoms. The SMILES string of the molecule is NCC(SCc1ccc(Cl)cc1)c1ccccc1Br. The molecule has 0 aromatic heterocycles. The molecule has 100 valence electrons. The summed E-state index contributed by atoms with van der Waals surface area (Å²) in [6.45, 7) is 0.626. The second kappa shape index (κ2) is 7.34. The summed E-state index contributed by atoms with van der Waals surface area (Å²) in [5.41, 5.74) is 8.42. The van der Waals surface area contributed by atoms with Crippen molar-refractivity contribution in [3.63, 3.8) is 0 Å². The maximum Gasteiger partial charge on any atom is 0.0434 e. The normalized spacial score (nSPS) is 12.4. The van der Waals surface area contributed by atoms with Crippen LogP contribution in [0.25, 0.3) is 0 Å². The van der Waals surface area contributed by atoms with Crippen LogP contribution in [0.15, 0.2) is 53.0 Å². The van der Waals surface area contributed by atoms with Gasteiger partial charge in [-0.25, -0.2) is 0 Å². The second-order valence-corrected chi connectivity index (χ2v) is 6.67. The molecule has 1 atom stereocenters. The Kier molecular flexibility index (Phi) is 5.76. The summed E-state index contributed by atoms with van der Waals surface area (Å²) in [6, 6.07) is 16.2. The summed E-state index contributed by atoms with van der Waals surface area (Å²) in [5, 5.41) is 1.07. The van der Waals surface area contributed by atoms with Crippen molar-refractivity contribution in [1.82, 2.24) is 0 Å². The summed E-state index contributed by atoms with van der Waals surface area (Å²) in [7, 11) is 0. The number of nitrogens with two attached hydrogens (primary N) is 1. The van der Waals surface area contributed by atoms with E-state index in [9.17, 15) is 0 Å². The minimum atomic E-state index is 0.297. The summed E-state index contributed by atoms with van der Waals surface area (Å²) in [4.78, 5) is 0. The van der Waals surface area contributed by atoms with Crippen LogP contribution in [-0.4, -0.2) is 6.54 Å². The third-order valence-corrected chi connectivity index (χ3v) is 5.15. The van der Waals surface area contributed by atoms with Crippen molar-refractivity contribution >= 4 is 39.3 Å². The van der Waals surface area contributed by atoms with E-state index < -0.39 is 0 Å². The number of rotatable bonds is 5. The number of thioether (sulfide) groups is 1. The molecule has 0 saturated carbocycles. The van der Waals surface area contributed by atoms with Gasteiger partial charge in [0.25, 0.3) is 0 Å².